The normalized spacial score (nSPS) is 10.7. The Morgan fingerprint density at radius 1 is 1.27 bits per heavy atom. The van der Waals surface area contributed by atoms with Gasteiger partial charge in [0.05, 0.1) is 12.8 Å². The van der Waals surface area contributed by atoms with Crippen molar-refractivity contribution >= 4 is 18.0 Å². The lowest BCUT2D eigenvalue weighted by Gasteiger charge is -2.07. The first-order chi connectivity index (χ1) is 10.5. The van der Waals surface area contributed by atoms with Crippen molar-refractivity contribution in [2.75, 3.05) is 13.2 Å². The highest BCUT2D eigenvalue weighted by molar-refractivity contribution is 6.35. The Balaban J connectivity index is 2.55. The second-order valence-corrected chi connectivity index (χ2v) is 5.19. The van der Waals surface area contributed by atoms with Crippen molar-refractivity contribution in [3.63, 3.8) is 0 Å². The Morgan fingerprint density at radius 2 is 2.00 bits per heavy atom. The van der Waals surface area contributed by atoms with Crippen LogP contribution in [0.5, 0.6) is 5.75 Å². The van der Waals surface area contributed by atoms with Crippen molar-refractivity contribution in [2.24, 2.45) is 11.0 Å². The second kappa shape index (κ2) is 9.55. The SMILES string of the molecule is CCCOc1ccccc1/C=N\NC(=O)C(=O)NCC(C)C. The van der Waals surface area contributed by atoms with Crippen LogP contribution in [0.2, 0.25) is 0 Å². The number of carbonyl (C=O) groups excluding carboxylic acids is 2. The Bertz CT molecular complexity index is 527. The third kappa shape index (κ3) is 6.39. The van der Waals surface area contributed by atoms with Crippen LogP contribution in [0, 0.1) is 5.92 Å². The lowest BCUT2D eigenvalue weighted by molar-refractivity contribution is -0.139. The summed E-state index contributed by atoms with van der Waals surface area (Å²) >= 11 is 0. The number of ether oxygens (including phenoxy) is 1. The molecule has 0 saturated heterocycles. The predicted octanol–water partition coefficient (Wildman–Crippen LogP) is 1.70. The molecule has 1 aromatic rings. The van der Waals surface area contributed by atoms with Crippen LogP contribution >= 0.6 is 0 Å². The Kier molecular flexibility index (Phi) is 7.67. The molecular formula is C16H23N3O3. The van der Waals surface area contributed by atoms with E-state index in [0.717, 1.165) is 12.0 Å². The Hall–Kier alpha value is -2.37. The maximum Gasteiger partial charge on any atom is 0.329 e. The van der Waals surface area contributed by atoms with E-state index in [2.05, 4.69) is 15.8 Å². The summed E-state index contributed by atoms with van der Waals surface area (Å²) in [6, 6.07) is 7.35. The summed E-state index contributed by atoms with van der Waals surface area (Å²) in [6.45, 7) is 6.97. The van der Waals surface area contributed by atoms with Crippen molar-refractivity contribution in [1.29, 1.82) is 0 Å². The van der Waals surface area contributed by atoms with Crippen LogP contribution in [-0.2, 0) is 9.59 Å². The van der Waals surface area contributed by atoms with Gasteiger partial charge in [-0.15, -0.1) is 0 Å². The largest absolute Gasteiger partial charge is 0.493 e. The van der Waals surface area contributed by atoms with Gasteiger partial charge < -0.3 is 10.1 Å². The first kappa shape index (κ1) is 17.7. The summed E-state index contributed by atoms with van der Waals surface area (Å²) in [7, 11) is 0. The minimum atomic E-state index is -0.788. The number of hydrogen-bond acceptors (Lipinski definition) is 4. The van der Waals surface area contributed by atoms with Crippen molar-refractivity contribution in [3.05, 3.63) is 29.8 Å². The van der Waals surface area contributed by atoms with E-state index in [0.29, 0.717) is 18.9 Å². The second-order valence-electron chi connectivity index (χ2n) is 5.19. The summed E-state index contributed by atoms with van der Waals surface area (Å²) in [5.41, 5.74) is 2.94. The number of para-hydroxylation sites is 1. The first-order valence-electron chi connectivity index (χ1n) is 7.37. The van der Waals surface area contributed by atoms with E-state index in [-0.39, 0.29) is 5.92 Å². The smallest absolute Gasteiger partial charge is 0.329 e. The molecule has 0 aliphatic heterocycles. The molecule has 1 rings (SSSR count). The molecule has 0 bridgehead atoms. The molecule has 22 heavy (non-hydrogen) atoms. The average Bonchev–Trinajstić information content (AvgIpc) is 2.51. The Labute approximate surface area is 130 Å². The summed E-state index contributed by atoms with van der Waals surface area (Å²) < 4.78 is 5.57. The molecule has 6 heteroatoms. The minimum absolute atomic E-state index is 0.280. The van der Waals surface area contributed by atoms with Crippen LogP contribution in [0.3, 0.4) is 0 Å². The number of benzene rings is 1. The highest BCUT2D eigenvalue weighted by Crippen LogP contribution is 2.15. The molecule has 2 N–H and O–H groups in total. The van der Waals surface area contributed by atoms with E-state index in [1.807, 2.05) is 45.0 Å². The molecule has 2 amide bonds. The fourth-order valence-electron chi connectivity index (χ4n) is 1.52. The molecule has 0 heterocycles. The fourth-order valence-corrected chi connectivity index (χ4v) is 1.52. The van der Waals surface area contributed by atoms with Gasteiger partial charge in [0.25, 0.3) is 0 Å². The number of nitrogens with one attached hydrogen (secondary N) is 2. The molecule has 0 aliphatic rings. The van der Waals surface area contributed by atoms with Gasteiger partial charge in [-0.3, -0.25) is 9.59 Å². The zero-order valence-corrected chi connectivity index (χ0v) is 13.3. The molecule has 0 atom stereocenters. The van der Waals surface area contributed by atoms with Gasteiger partial charge in [0.1, 0.15) is 5.75 Å². The molecule has 0 spiro atoms. The zero-order valence-electron chi connectivity index (χ0n) is 13.3. The van der Waals surface area contributed by atoms with Gasteiger partial charge in [-0.25, -0.2) is 5.43 Å². The third-order valence-corrected chi connectivity index (χ3v) is 2.63. The maximum atomic E-state index is 11.5. The zero-order chi connectivity index (χ0) is 16.4. The predicted molar refractivity (Wildman–Crippen MR) is 85.8 cm³/mol. The highest BCUT2D eigenvalue weighted by atomic mass is 16.5. The molecule has 6 nitrogen and oxygen atoms in total. The molecule has 0 unspecified atom stereocenters. The van der Waals surface area contributed by atoms with E-state index in [1.54, 1.807) is 0 Å². The van der Waals surface area contributed by atoms with Gasteiger partial charge >= 0.3 is 11.8 Å². The van der Waals surface area contributed by atoms with Crippen LogP contribution < -0.4 is 15.5 Å². The molecule has 0 fully saturated rings. The van der Waals surface area contributed by atoms with E-state index < -0.39 is 11.8 Å². The number of hydrogen-bond donors (Lipinski definition) is 2. The van der Waals surface area contributed by atoms with E-state index in [9.17, 15) is 9.59 Å². The molecule has 0 radical (unpaired) electrons. The molecule has 0 aromatic heterocycles. The quantitative estimate of drug-likeness (QED) is 0.457. The number of rotatable bonds is 7. The fraction of sp³-hybridized carbons (Fsp3) is 0.438. The van der Waals surface area contributed by atoms with Crippen LogP contribution in [0.15, 0.2) is 29.4 Å². The molecule has 1 aromatic carbocycles. The van der Waals surface area contributed by atoms with E-state index in [4.69, 9.17) is 4.74 Å². The molecule has 120 valence electrons. The molecule has 0 saturated carbocycles. The lowest BCUT2D eigenvalue weighted by atomic mass is 10.2. The summed E-state index contributed by atoms with van der Waals surface area (Å²) in [5.74, 6) is -0.514. The maximum absolute atomic E-state index is 11.5. The highest BCUT2D eigenvalue weighted by Gasteiger charge is 2.12. The van der Waals surface area contributed by atoms with Gasteiger partial charge in [-0.1, -0.05) is 32.9 Å². The van der Waals surface area contributed by atoms with Crippen molar-refractivity contribution in [3.8, 4) is 5.75 Å². The Morgan fingerprint density at radius 3 is 2.68 bits per heavy atom. The summed E-state index contributed by atoms with van der Waals surface area (Å²) in [5, 5.41) is 6.31. The van der Waals surface area contributed by atoms with Crippen molar-refractivity contribution in [1.82, 2.24) is 10.7 Å². The first-order valence-corrected chi connectivity index (χ1v) is 7.37. The van der Waals surface area contributed by atoms with Gasteiger partial charge in [0.15, 0.2) is 0 Å². The van der Waals surface area contributed by atoms with Crippen LogP contribution in [0.4, 0.5) is 0 Å². The number of nitrogens with zero attached hydrogens (tertiary/aromatic N) is 1. The van der Waals surface area contributed by atoms with Crippen LogP contribution in [0.1, 0.15) is 32.8 Å². The summed E-state index contributed by atoms with van der Waals surface area (Å²) in [6.07, 6.45) is 2.36. The van der Waals surface area contributed by atoms with Crippen molar-refractivity contribution in [2.45, 2.75) is 27.2 Å². The van der Waals surface area contributed by atoms with E-state index in [1.165, 1.54) is 6.21 Å². The van der Waals surface area contributed by atoms with Gasteiger partial charge in [0.2, 0.25) is 0 Å². The average molecular weight is 305 g/mol. The van der Waals surface area contributed by atoms with Crippen LogP contribution in [-0.4, -0.2) is 31.2 Å². The number of hydrazone groups is 1. The third-order valence-electron chi connectivity index (χ3n) is 2.63. The van der Waals surface area contributed by atoms with Crippen LogP contribution in [0.25, 0.3) is 0 Å². The lowest BCUT2D eigenvalue weighted by Crippen LogP contribution is -2.39. The topological polar surface area (TPSA) is 79.8 Å². The number of carbonyl (C=O) groups is 2. The number of amides is 2. The van der Waals surface area contributed by atoms with Gasteiger partial charge in [0, 0.05) is 12.1 Å². The van der Waals surface area contributed by atoms with Gasteiger partial charge in [-0.05, 0) is 24.5 Å². The minimum Gasteiger partial charge on any atom is -0.493 e. The summed E-state index contributed by atoms with van der Waals surface area (Å²) in [4.78, 5) is 23.0. The van der Waals surface area contributed by atoms with Crippen molar-refractivity contribution < 1.29 is 14.3 Å². The standard InChI is InChI=1S/C16H23N3O3/c1-4-9-22-14-8-6-5-7-13(14)11-18-19-16(21)15(20)17-10-12(2)3/h5-8,11-12H,4,9-10H2,1-3H3,(H,17,20)(H,19,21)/b18-11-. The molecular weight excluding hydrogens is 282 g/mol. The monoisotopic (exact) mass is 305 g/mol. The molecule has 0 aliphatic carbocycles. The van der Waals surface area contributed by atoms with E-state index >= 15 is 0 Å². The van der Waals surface area contributed by atoms with Gasteiger partial charge in [-0.2, -0.15) is 5.10 Å².